The van der Waals surface area contributed by atoms with E-state index in [1.54, 1.807) is 30.3 Å². The quantitative estimate of drug-likeness (QED) is 0.254. The van der Waals surface area contributed by atoms with E-state index in [0.29, 0.717) is 28.5 Å². The Morgan fingerprint density at radius 1 is 1.08 bits per heavy atom. The van der Waals surface area contributed by atoms with Gasteiger partial charge in [0.25, 0.3) is 5.91 Å². The van der Waals surface area contributed by atoms with Crippen molar-refractivity contribution in [3.05, 3.63) is 81.7 Å². The van der Waals surface area contributed by atoms with Crippen LogP contribution in [0.4, 0.5) is 13.2 Å². The van der Waals surface area contributed by atoms with Gasteiger partial charge in [-0.2, -0.15) is 0 Å². The van der Waals surface area contributed by atoms with Gasteiger partial charge in [-0.15, -0.1) is 11.3 Å². The van der Waals surface area contributed by atoms with Gasteiger partial charge in [0.1, 0.15) is 28.1 Å². The molecule has 5 rings (SSSR count). The molecule has 0 atom stereocenters. The predicted molar refractivity (Wildman–Crippen MR) is 148 cm³/mol. The molecular weight excluding hydrogens is 547 g/mol. The van der Waals surface area contributed by atoms with Crippen molar-refractivity contribution in [1.29, 1.82) is 0 Å². The van der Waals surface area contributed by atoms with Crippen LogP contribution in [0.5, 0.6) is 5.75 Å². The molecule has 0 saturated heterocycles. The molecule has 1 amide bonds. The first kappa shape index (κ1) is 27.4. The Bertz CT molecular complexity index is 1520. The Labute approximate surface area is 233 Å². The van der Waals surface area contributed by atoms with Crippen molar-refractivity contribution in [2.24, 2.45) is 0 Å². The van der Waals surface area contributed by atoms with Crippen molar-refractivity contribution < 1.29 is 22.7 Å². The smallest absolute Gasteiger partial charge is 0.266 e. The van der Waals surface area contributed by atoms with Gasteiger partial charge in [-0.3, -0.25) is 9.78 Å². The van der Waals surface area contributed by atoms with E-state index < -0.39 is 23.4 Å². The summed E-state index contributed by atoms with van der Waals surface area (Å²) >= 11 is 7.38. The molecule has 1 saturated carbocycles. The summed E-state index contributed by atoms with van der Waals surface area (Å²) < 4.78 is 48.6. The fourth-order valence-corrected chi connectivity index (χ4v) is 6.75. The van der Waals surface area contributed by atoms with Crippen molar-refractivity contribution in [2.45, 2.75) is 44.3 Å². The van der Waals surface area contributed by atoms with Gasteiger partial charge in [0.15, 0.2) is 0 Å². The maximum Gasteiger partial charge on any atom is 0.266 e. The Hall–Kier alpha value is -3.14. The van der Waals surface area contributed by atoms with Crippen LogP contribution in [0.15, 0.2) is 48.8 Å². The lowest BCUT2D eigenvalue weighted by Gasteiger charge is -2.37. The molecule has 1 aliphatic carbocycles. The van der Waals surface area contributed by atoms with Gasteiger partial charge < -0.3 is 15.0 Å². The summed E-state index contributed by atoms with van der Waals surface area (Å²) in [5.74, 6) is -1.60. The van der Waals surface area contributed by atoms with Gasteiger partial charge in [-0.1, -0.05) is 17.7 Å². The van der Waals surface area contributed by atoms with Crippen molar-refractivity contribution in [3.8, 4) is 16.9 Å². The highest BCUT2D eigenvalue weighted by Gasteiger charge is 2.33. The highest BCUT2D eigenvalue weighted by atomic mass is 35.5. The van der Waals surface area contributed by atoms with Crippen LogP contribution in [0.2, 0.25) is 5.02 Å². The first-order valence-electron chi connectivity index (χ1n) is 12.6. The fourth-order valence-electron chi connectivity index (χ4n) is 5.24. The molecule has 39 heavy (non-hydrogen) atoms. The number of halogens is 4. The minimum absolute atomic E-state index is 0.0142. The van der Waals surface area contributed by atoms with Crippen LogP contribution in [0.3, 0.4) is 0 Å². The van der Waals surface area contributed by atoms with Gasteiger partial charge >= 0.3 is 0 Å². The SMILES string of the molecule is CNC1CCC(N(Cc2cc(-c3cncc(F)c3)ccc2OC)C(=O)c2sc3c(F)ccc(F)c3c2Cl)CC1. The number of carbonyl (C=O) groups excluding carboxylic acids is 1. The largest absolute Gasteiger partial charge is 0.496 e. The predicted octanol–water partition coefficient (Wildman–Crippen LogP) is 7.22. The summed E-state index contributed by atoms with van der Waals surface area (Å²) in [7, 11) is 3.46. The number of amides is 1. The summed E-state index contributed by atoms with van der Waals surface area (Å²) in [5.41, 5.74) is 2.01. The number of carbonyl (C=O) groups is 1. The number of benzene rings is 2. The van der Waals surface area contributed by atoms with E-state index in [0.717, 1.165) is 55.3 Å². The molecule has 1 aliphatic rings. The molecular formula is C29H27ClF3N3O2S. The van der Waals surface area contributed by atoms with Crippen LogP contribution < -0.4 is 10.1 Å². The van der Waals surface area contributed by atoms with E-state index in [9.17, 15) is 18.0 Å². The first-order valence-corrected chi connectivity index (χ1v) is 13.8. The van der Waals surface area contributed by atoms with Crippen molar-refractivity contribution in [2.75, 3.05) is 14.2 Å². The minimum Gasteiger partial charge on any atom is -0.496 e. The topological polar surface area (TPSA) is 54.5 Å². The number of pyridine rings is 1. The molecule has 0 bridgehead atoms. The van der Waals surface area contributed by atoms with Crippen LogP contribution >= 0.6 is 22.9 Å². The summed E-state index contributed by atoms with van der Waals surface area (Å²) in [6.45, 7) is 0.170. The zero-order valence-corrected chi connectivity index (χ0v) is 23.0. The van der Waals surface area contributed by atoms with Crippen LogP contribution in [-0.2, 0) is 6.54 Å². The zero-order chi connectivity index (χ0) is 27.7. The van der Waals surface area contributed by atoms with E-state index in [-0.39, 0.29) is 32.6 Å². The van der Waals surface area contributed by atoms with Crippen molar-refractivity contribution in [3.63, 3.8) is 0 Å². The summed E-state index contributed by atoms with van der Waals surface area (Å²) in [4.78, 5) is 19.9. The molecule has 0 aliphatic heterocycles. The van der Waals surface area contributed by atoms with E-state index >= 15 is 0 Å². The maximum absolute atomic E-state index is 14.6. The van der Waals surface area contributed by atoms with E-state index in [2.05, 4.69) is 10.3 Å². The summed E-state index contributed by atoms with van der Waals surface area (Å²) in [5, 5.41) is 3.13. The molecule has 2 aromatic carbocycles. The second-order valence-electron chi connectivity index (χ2n) is 9.62. The molecule has 1 fully saturated rings. The third kappa shape index (κ3) is 5.48. The average molecular weight is 574 g/mol. The standard InChI is InChI=1S/C29H27ClF3N3O2S/c1-34-20-4-6-21(7-5-20)36(29(37)28-26(30)25-22(32)8-9-23(33)27(25)39-28)15-18-11-16(3-10-24(18)38-2)17-12-19(31)14-35-13-17/h3,8-14,20-21,34H,4-7,15H2,1-2H3. The molecule has 0 radical (unpaired) electrons. The van der Waals surface area contributed by atoms with Crippen LogP contribution in [0.1, 0.15) is 40.9 Å². The fraction of sp³-hybridized carbons (Fsp3) is 0.310. The number of ether oxygens (including phenoxy) is 1. The van der Waals surface area contributed by atoms with Crippen LogP contribution in [0.25, 0.3) is 21.2 Å². The number of rotatable bonds is 7. The molecule has 1 N–H and O–H groups in total. The molecule has 0 spiro atoms. The molecule has 5 nitrogen and oxygen atoms in total. The lowest BCUT2D eigenvalue weighted by molar-refractivity contribution is 0.0604. The molecule has 204 valence electrons. The van der Waals surface area contributed by atoms with Crippen LogP contribution in [-0.4, -0.2) is 42.0 Å². The minimum atomic E-state index is -0.675. The van der Waals surface area contributed by atoms with Gasteiger partial charge in [-0.25, -0.2) is 13.2 Å². The highest BCUT2D eigenvalue weighted by Crippen LogP contribution is 2.40. The number of aromatic nitrogens is 1. The third-order valence-electron chi connectivity index (χ3n) is 7.34. The Morgan fingerprint density at radius 3 is 2.49 bits per heavy atom. The van der Waals surface area contributed by atoms with Crippen molar-refractivity contribution >= 4 is 38.9 Å². The third-order valence-corrected chi connectivity index (χ3v) is 9.02. The number of nitrogens with zero attached hydrogens (tertiary/aromatic N) is 2. The lowest BCUT2D eigenvalue weighted by Crippen LogP contribution is -2.44. The zero-order valence-electron chi connectivity index (χ0n) is 21.4. The second kappa shape index (κ2) is 11.5. The normalized spacial score (nSPS) is 17.4. The van der Waals surface area contributed by atoms with E-state index in [4.69, 9.17) is 16.3 Å². The van der Waals surface area contributed by atoms with Gasteiger partial charge in [0.05, 0.1) is 28.4 Å². The highest BCUT2D eigenvalue weighted by molar-refractivity contribution is 7.21. The Morgan fingerprint density at radius 2 is 1.82 bits per heavy atom. The Balaban J connectivity index is 1.56. The monoisotopic (exact) mass is 573 g/mol. The lowest BCUT2D eigenvalue weighted by atomic mass is 9.89. The molecule has 10 heteroatoms. The average Bonchev–Trinajstić information content (AvgIpc) is 3.31. The summed E-state index contributed by atoms with van der Waals surface area (Å²) in [6, 6.07) is 9.09. The van der Waals surface area contributed by atoms with Gasteiger partial charge in [0.2, 0.25) is 0 Å². The number of hydrogen-bond acceptors (Lipinski definition) is 5. The van der Waals surface area contributed by atoms with Gasteiger partial charge in [-0.05, 0) is 68.6 Å². The molecule has 0 unspecified atom stereocenters. The number of fused-ring (bicyclic) bond motifs is 1. The van der Waals surface area contributed by atoms with Crippen LogP contribution in [0, 0.1) is 17.5 Å². The van der Waals surface area contributed by atoms with E-state index in [1.807, 2.05) is 13.1 Å². The van der Waals surface area contributed by atoms with E-state index in [1.165, 1.54) is 6.07 Å². The number of thiophene rings is 1. The molecule has 2 heterocycles. The Kier molecular flexibility index (Phi) is 8.11. The maximum atomic E-state index is 14.6. The first-order chi connectivity index (χ1) is 18.8. The summed E-state index contributed by atoms with van der Waals surface area (Å²) in [6.07, 6.45) is 5.95. The second-order valence-corrected chi connectivity index (χ2v) is 11.0. The van der Waals surface area contributed by atoms with Crippen molar-refractivity contribution in [1.82, 2.24) is 15.2 Å². The number of hydrogen-bond donors (Lipinski definition) is 1. The molecule has 4 aromatic rings. The number of methoxy groups -OCH3 is 1. The molecule has 2 aromatic heterocycles. The number of nitrogens with one attached hydrogen (secondary N) is 1. The van der Waals surface area contributed by atoms with Gasteiger partial charge in [0, 0.05) is 36.0 Å².